The van der Waals surface area contributed by atoms with Crippen molar-refractivity contribution in [1.82, 2.24) is 0 Å². The number of nitrogens with two attached hydrogens (primary N) is 1. The van der Waals surface area contributed by atoms with E-state index in [0.29, 0.717) is 4.88 Å². The van der Waals surface area contributed by atoms with Crippen LogP contribution in [0.4, 0.5) is 0 Å². The fraction of sp³-hybridized carbons (Fsp3) is 0.250. The number of thiophene rings is 1. The molecule has 14 heavy (non-hydrogen) atoms. The highest BCUT2D eigenvalue weighted by Gasteiger charge is 2.10. The Morgan fingerprint density at radius 1 is 1.50 bits per heavy atom. The average Bonchev–Trinajstić information content (AvgIpc) is 2.62. The lowest BCUT2D eigenvalue weighted by Crippen LogP contribution is -2.01. The quantitative estimate of drug-likeness (QED) is 0.652. The van der Waals surface area contributed by atoms with Crippen molar-refractivity contribution in [3.63, 3.8) is 0 Å². The second kappa shape index (κ2) is 5.55. The minimum Gasteiger partial charge on any atom is -0.292 e. The summed E-state index contributed by atoms with van der Waals surface area (Å²) in [6.07, 6.45) is 0. The van der Waals surface area contributed by atoms with E-state index in [0.717, 1.165) is 27.9 Å². The van der Waals surface area contributed by atoms with Crippen LogP contribution in [0.15, 0.2) is 16.3 Å². The van der Waals surface area contributed by atoms with Gasteiger partial charge in [-0.25, -0.2) is 0 Å². The fourth-order valence-corrected chi connectivity index (χ4v) is 2.64. The van der Waals surface area contributed by atoms with E-state index < -0.39 is 0 Å². The van der Waals surface area contributed by atoms with E-state index in [1.807, 2.05) is 0 Å². The summed E-state index contributed by atoms with van der Waals surface area (Å²) < 4.78 is 0.904. The molecule has 76 valence electrons. The molecule has 0 aliphatic heterocycles. The summed E-state index contributed by atoms with van der Waals surface area (Å²) in [7, 11) is 0. The van der Waals surface area contributed by atoms with Crippen molar-refractivity contribution in [3.05, 3.63) is 17.0 Å². The first-order valence-corrected chi connectivity index (χ1v) is 6.45. The van der Waals surface area contributed by atoms with Crippen molar-refractivity contribution in [2.24, 2.45) is 5.14 Å². The molecule has 3 nitrogen and oxygen atoms in total. The molecule has 0 atom stereocenters. The average molecular weight is 247 g/mol. The smallest absolute Gasteiger partial charge is 0.186 e. The number of thioether (sulfide) groups is 1. The zero-order valence-electron chi connectivity index (χ0n) is 7.48. The third-order valence-corrected chi connectivity index (χ3v) is 4.02. The monoisotopic (exact) mass is 247 g/mol. The van der Waals surface area contributed by atoms with Gasteiger partial charge in [-0.15, -0.1) is 11.3 Å². The maximum absolute atomic E-state index is 11.5. The molecule has 6 heteroatoms. The van der Waals surface area contributed by atoms with Crippen LogP contribution in [0.3, 0.4) is 0 Å². The molecule has 0 aliphatic carbocycles. The van der Waals surface area contributed by atoms with Gasteiger partial charge in [0, 0.05) is 6.92 Å². The predicted molar refractivity (Wildman–Crippen MR) is 61.8 cm³/mol. The third-order valence-electron chi connectivity index (χ3n) is 1.38. The van der Waals surface area contributed by atoms with Crippen molar-refractivity contribution in [2.75, 3.05) is 5.75 Å². The van der Waals surface area contributed by atoms with Gasteiger partial charge in [0.05, 0.1) is 14.8 Å². The molecule has 0 saturated carbocycles. The molecular weight excluding hydrogens is 238 g/mol. The molecular formula is C8H9NO2S3. The Bertz CT molecular complexity index is 348. The van der Waals surface area contributed by atoms with E-state index in [-0.39, 0.29) is 16.7 Å². The van der Waals surface area contributed by atoms with E-state index in [9.17, 15) is 9.59 Å². The Labute approximate surface area is 94.6 Å². The molecule has 1 rings (SSSR count). The SMILES string of the molecule is CC(=O)SCC(=O)c1ccc(SN)s1. The second-order valence-corrected chi connectivity index (χ2v) is 5.61. The molecule has 0 amide bonds. The van der Waals surface area contributed by atoms with Crippen molar-refractivity contribution in [3.8, 4) is 0 Å². The first-order valence-electron chi connectivity index (χ1n) is 3.76. The Balaban J connectivity index is 2.56. The molecule has 0 spiro atoms. The van der Waals surface area contributed by atoms with Crippen LogP contribution in [0.5, 0.6) is 0 Å². The van der Waals surface area contributed by atoms with Crippen LogP contribution in [0.2, 0.25) is 0 Å². The topological polar surface area (TPSA) is 60.2 Å². The van der Waals surface area contributed by atoms with Gasteiger partial charge >= 0.3 is 0 Å². The summed E-state index contributed by atoms with van der Waals surface area (Å²) in [5.41, 5.74) is 0. The number of carbonyl (C=O) groups excluding carboxylic acids is 2. The molecule has 0 saturated heterocycles. The van der Waals surface area contributed by atoms with E-state index in [4.69, 9.17) is 5.14 Å². The van der Waals surface area contributed by atoms with Crippen LogP contribution in [-0.4, -0.2) is 16.7 Å². The maximum Gasteiger partial charge on any atom is 0.186 e. The van der Waals surface area contributed by atoms with Gasteiger partial charge in [0.1, 0.15) is 0 Å². The molecule has 0 aliphatic rings. The largest absolute Gasteiger partial charge is 0.292 e. The summed E-state index contributed by atoms with van der Waals surface area (Å²) in [5.74, 6) is 0.195. The molecule has 1 heterocycles. The second-order valence-electron chi connectivity index (χ2n) is 2.44. The van der Waals surface area contributed by atoms with Crippen molar-refractivity contribution in [2.45, 2.75) is 11.1 Å². The summed E-state index contributed by atoms with van der Waals surface area (Å²) in [6.45, 7) is 1.45. The van der Waals surface area contributed by atoms with E-state index >= 15 is 0 Å². The number of hydrogen-bond acceptors (Lipinski definition) is 6. The molecule has 0 fully saturated rings. The van der Waals surface area contributed by atoms with Crippen LogP contribution in [0.1, 0.15) is 16.6 Å². The standard InChI is InChI=1S/C8H9NO2S3/c1-5(10)12-4-6(11)7-2-3-8(13-7)14-9/h2-3H,4,9H2,1H3. The first kappa shape index (κ1) is 11.8. The van der Waals surface area contributed by atoms with E-state index in [1.54, 1.807) is 12.1 Å². The predicted octanol–water partition coefficient (Wildman–Crippen LogP) is 2.18. The molecule has 1 aromatic rings. The van der Waals surface area contributed by atoms with Crippen LogP contribution in [-0.2, 0) is 4.79 Å². The Kier molecular flexibility index (Phi) is 4.67. The molecule has 0 aromatic carbocycles. The normalized spacial score (nSPS) is 10.1. The number of hydrogen-bond donors (Lipinski definition) is 1. The zero-order chi connectivity index (χ0) is 10.6. The van der Waals surface area contributed by atoms with Crippen molar-refractivity contribution < 1.29 is 9.59 Å². The Hall–Kier alpha value is -0.300. The highest BCUT2D eigenvalue weighted by atomic mass is 32.2. The van der Waals surface area contributed by atoms with Crippen molar-refractivity contribution >= 4 is 45.9 Å². The van der Waals surface area contributed by atoms with Gasteiger partial charge in [0.25, 0.3) is 0 Å². The van der Waals surface area contributed by atoms with Gasteiger partial charge in [-0.3, -0.25) is 14.7 Å². The van der Waals surface area contributed by atoms with Crippen LogP contribution in [0, 0.1) is 0 Å². The Morgan fingerprint density at radius 2 is 2.21 bits per heavy atom. The summed E-state index contributed by atoms with van der Waals surface area (Å²) >= 11 is 3.51. The lowest BCUT2D eigenvalue weighted by Gasteiger charge is -1.93. The lowest BCUT2D eigenvalue weighted by atomic mass is 10.4. The minimum absolute atomic E-state index is 0.0181. The van der Waals surface area contributed by atoms with Crippen LogP contribution >= 0.6 is 35.0 Å². The Morgan fingerprint density at radius 3 is 2.71 bits per heavy atom. The van der Waals surface area contributed by atoms with Gasteiger partial charge in [-0.2, -0.15) is 0 Å². The summed E-state index contributed by atoms with van der Waals surface area (Å²) in [4.78, 5) is 22.8. The number of Topliss-reactive ketones (excluding diaryl/α,β-unsaturated/α-hetero) is 1. The van der Waals surface area contributed by atoms with Crippen LogP contribution < -0.4 is 5.14 Å². The minimum atomic E-state index is -0.0386. The zero-order valence-corrected chi connectivity index (χ0v) is 9.93. The number of rotatable bonds is 4. The number of carbonyl (C=O) groups is 2. The molecule has 0 bridgehead atoms. The fourth-order valence-electron chi connectivity index (χ4n) is 0.772. The van der Waals surface area contributed by atoms with E-state index in [1.165, 1.54) is 18.3 Å². The highest BCUT2D eigenvalue weighted by Crippen LogP contribution is 2.24. The lowest BCUT2D eigenvalue weighted by molar-refractivity contribution is -0.109. The third kappa shape index (κ3) is 3.45. The maximum atomic E-state index is 11.5. The summed E-state index contributed by atoms with van der Waals surface area (Å²) in [6, 6.07) is 3.55. The first-order chi connectivity index (χ1) is 6.63. The van der Waals surface area contributed by atoms with Crippen molar-refractivity contribution in [1.29, 1.82) is 0 Å². The van der Waals surface area contributed by atoms with Crippen LogP contribution in [0.25, 0.3) is 0 Å². The van der Waals surface area contributed by atoms with E-state index in [2.05, 4.69) is 0 Å². The molecule has 0 unspecified atom stereocenters. The summed E-state index contributed by atoms with van der Waals surface area (Å²) in [5, 5.41) is 5.30. The van der Waals surface area contributed by atoms with Gasteiger partial charge in [0.15, 0.2) is 10.9 Å². The van der Waals surface area contributed by atoms with Gasteiger partial charge in [-0.05, 0) is 24.1 Å². The van der Waals surface area contributed by atoms with Gasteiger partial charge in [-0.1, -0.05) is 11.8 Å². The van der Waals surface area contributed by atoms with Gasteiger partial charge < -0.3 is 0 Å². The molecule has 2 N–H and O–H groups in total. The molecule has 1 aromatic heterocycles. The molecule has 0 radical (unpaired) electrons. The van der Waals surface area contributed by atoms with Gasteiger partial charge in [0.2, 0.25) is 0 Å². The highest BCUT2D eigenvalue weighted by molar-refractivity contribution is 8.14. The number of ketones is 1.